The van der Waals surface area contributed by atoms with Crippen molar-refractivity contribution in [3.05, 3.63) is 53.8 Å². The summed E-state index contributed by atoms with van der Waals surface area (Å²) in [4.78, 5) is 19.3. The monoisotopic (exact) mass is 536 g/mol. The first-order chi connectivity index (χ1) is 19.4. The molecule has 204 valence electrons. The number of hydrogen-bond acceptors (Lipinski definition) is 7. The number of anilines is 1. The van der Waals surface area contributed by atoms with Gasteiger partial charge in [-0.05, 0) is 63.4 Å². The number of piperazine rings is 1. The summed E-state index contributed by atoms with van der Waals surface area (Å²) in [6.07, 6.45) is 10.4. The number of pyridine rings is 1. The number of terminal acetylenes is 1. The summed E-state index contributed by atoms with van der Waals surface area (Å²) in [5.74, 6) is 3.00. The molecule has 2 aliphatic heterocycles. The molecule has 2 saturated heterocycles. The highest BCUT2D eigenvalue weighted by Gasteiger charge is 2.44. The molecule has 4 heterocycles. The molecule has 7 rings (SSSR count). The van der Waals surface area contributed by atoms with E-state index in [1.807, 2.05) is 30.3 Å². The smallest absolute Gasteiger partial charge is 0.320 e. The standard InChI is InChI=1S/C32H33FN6O/c1-4-23-26(33)12-8-20-6-5-7-24(28(20)23)27-13-11-25-29(35-27)36-31(40-19-32(14-15-32)18-38(2)3)37-30(25)39-16-21-9-10-22(17-39)34-21/h1,5-8,11-13,21-22,34H,9-10,14-19H2,2-3H3. The van der Waals surface area contributed by atoms with Crippen molar-refractivity contribution in [2.45, 2.75) is 37.8 Å². The lowest BCUT2D eigenvalue weighted by Crippen LogP contribution is -2.51. The predicted molar refractivity (Wildman–Crippen MR) is 156 cm³/mol. The van der Waals surface area contributed by atoms with Crippen LogP contribution in [-0.4, -0.2) is 72.3 Å². The lowest BCUT2D eigenvalue weighted by Gasteiger charge is -2.34. The molecule has 4 aromatic rings. The van der Waals surface area contributed by atoms with Gasteiger partial charge in [0, 0.05) is 48.1 Å². The molecule has 0 radical (unpaired) electrons. The van der Waals surface area contributed by atoms with E-state index in [4.69, 9.17) is 26.1 Å². The number of rotatable bonds is 7. The number of aromatic nitrogens is 3. The van der Waals surface area contributed by atoms with Crippen LogP contribution < -0.4 is 15.0 Å². The Kier molecular flexibility index (Phi) is 6.10. The van der Waals surface area contributed by atoms with E-state index < -0.39 is 5.82 Å². The van der Waals surface area contributed by atoms with Gasteiger partial charge in [-0.3, -0.25) is 0 Å². The van der Waals surface area contributed by atoms with Gasteiger partial charge in [0.05, 0.1) is 23.3 Å². The Morgan fingerprint density at radius 3 is 2.60 bits per heavy atom. The largest absolute Gasteiger partial charge is 0.463 e. The van der Waals surface area contributed by atoms with Gasteiger partial charge >= 0.3 is 6.01 Å². The summed E-state index contributed by atoms with van der Waals surface area (Å²) >= 11 is 0. The first-order valence-electron chi connectivity index (χ1n) is 14.1. The molecule has 2 unspecified atom stereocenters. The van der Waals surface area contributed by atoms with E-state index in [-0.39, 0.29) is 11.0 Å². The van der Waals surface area contributed by atoms with E-state index in [0.29, 0.717) is 41.4 Å². The van der Waals surface area contributed by atoms with E-state index >= 15 is 0 Å². The molecule has 2 atom stereocenters. The van der Waals surface area contributed by atoms with E-state index in [0.717, 1.165) is 54.6 Å². The average molecular weight is 537 g/mol. The number of ether oxygens (including phenoxy) is 1. The molecule has 2 aromatic heterocycles. The van der Waals surface area contributed by atoms with Gasteiger partial charge in [-0.1, -0.05) is 30.2 Å². The first-order valence-corrected chi connectivity index (χ1v) is 14.1. The fraction of sp³-hybridized carbons (Fsp3) is 0.406. The molecule has 2 bridgehead atoms. The minimum absolute atomic E-state index is 0.157. The lowest BCUT2D eigenvalue weighted by atomic mass is 9.96. The van der Waals surface area contributed by atoms with Crippen molar-refractivity contribution in [3.8, 4) is 29.6 Å². The van der Waals surface area contributed by atoms with Gasteiger partial charge in [-0.2, -0.15) is 9.97 Å². The maximum atomic E-state index is 14.7. The first kappa shape index (κ1) is 25.2. The van der Waals surface area contributed by atoms with Gasteiger partial charge in [0.1, 0.15) is 11.6 Å². The van der Waals surface area contributed by atoms with Crippen molar-refractivity contribution in [3.63, 3.8) is 0 Å². The van der Waals surface area contributed by atoms with E-state index in [9.17, 15) is 4.39 Å². The molecular weight excluding hydrogens is 503 g/mol. The SMILES string of the molecule is C#Cc1c(F)ccc2cccc(-c3ccc4c(N5CC6CCC(C5)N6)nc(OCC5(CN(C)C)CC5)nc4n3)c12. The quantitative estimate of drug-likeness (QED) is 0.346. The maximum absolute atomic E-state index is 14.7. The summed E-state index contributed by atoms with van der Waals surface area (Å²) in [7, 11) is 4.19. The molecule has 1 aliphatic carbocycles. The van der Waals surface area contributed by atoms with Crippen LogP contribution in [-0.2, 0) is 0 Å². The zero-order valence-corrected chi connectivity index (χ0v) is 23.0. The molecule has 3 fully saturated rings. The zero-order valence-electron chi connectivity index (χ0n) is 23.0. The number of nitrogens with one attached hydrogen (secondary N) is 1. The number of nitrogens with zero attached hydrogens (tertiary/aromatic N) is 5. The summed E-state index contributed by atoms with van der Waals surface area (Å²) in [6, 6.07) is 14.3. The van der Waals surface area contributed by atoms with Crippen LogP contribution in [0.1, 0.15) is 31.2 Å². The highest BCUT2D eigenvalue weighted by Crippen LogP contribution is 2.46. The van der Waals surface area contributed by atoms with Crippen LogP contribution in [0.5, 0.6) is 6.01 Å². The molecule has 7 nitrogen and oxygen atoms in total. The molecule has 8 heteroatoms. The van der Waals surface area contributed by atoms with Gasteiger partial charge in [0.2, 0.25) is 0 Å². The Balaban J connectivity index is 1.33. The second kappa shape index (κ2) is 9.69. The third-order valence-electron chi connectivity index (χ3n) is 8.57. The fourth-order valence-electron chi connectivity index (χ4n) is 6.52. The Morgan fingerprint density at radius 1 is 1.07 bits per heavy atom. The van der Waals surface area contributed by atoms with Crippen molar-refractivity contribution < 1.29 is 9.13 Å². The maximum Gasteiger partial charge on any atom is 0.320 e. The lowest BCUT2D eigenvalue weighted by molar-refractivity contribution is 0.183. The van der Waals surface area contributed by atoms with Crippen LogP contribution >= 0.6 is 0 Å². The third-order valence-corrected chi connectivity index (χ3v) is 8.57. The van der Waals surface area contributed by atoms with Crippen LogP contribution in [0.25, 0.3) is 33.1 Å². The van der Waals surface area contributed by atoms with E-state index in [1.165, 1.54) is 18.9 Å². The molecule has 3 aliphatic rings. The minimum atomic E-state index is -0.413. The molecule has 1 saturated carbocycles. The molecule has 1 N–H and O–H groups in total. The summed E-state index contributed by atoms with van der Waals surface area (Å²) < 4.78 is 21.0. The summed E-state index contributed by atoms with van der Waals surface area (Å²) in [5.41, 5.74) is 2.43. The second-order valence-corrected chi connectivity index (χ2v) is 11.9. The third kappa shape index (κ3) is 4.53. The summed E-state index contributed by atoms with van der Waals surface area (Å²) in [5, 5.41) is 6.14. The van der Waals surface area contributed by atoms with Crippen molar-refractivity contribution >= 4 is 27.6 Å². The molecular formula is C32H33FN6O. The topological polar surface area (TPSA) is 66.4 Å². The van der Waals surface area contributed by atoms with Gasteiger partial charge < -0.3 is 19.9 Å². The number of halogens is 1. The number of benzene rings is 2. The Labute approximate surface area is 233 Å². The predicted octanol–water partition coefficient (Wildman–Crippen LogP) is 4.63. The van der Waals surface area contributed by atoms with Crippen molar-refractivity contribution in [1.29, 1.82) is 0 Å². The summed E-state index contributed by atoms with van der Waals surface area (Å²) in [6.45, 7) is 3.34. The Hall–Kier alpha value is -3.80. The van der Waals surface area contributed by atoms with E-state index in [2.05, 4.69) is 35.1 Å². The molecule has 40 heavy (non-hydrogen) atoms. The van der Waals surface area contributed by atoms with Crippen LogP contribution in [0, 0.1) is 23.6 Å². The molecule has 2 aromatic carbocycles. The minimum Gasteiger partial charge on any atom is -0.463 e. The molecule has 0 amide bonds. The Bertz CT molecular complexity index is 1650. The fourth-order valence-corrected chi connectivity index (χ4v) is 6.52. The number of fused-ring (bicyclic) bond motifs is 4. The Morgan fingerprint density at radius 2 is 1.88 bits per heavy atom. The van der Waals surface area contributed by atoms with Crippen LogP contribution in [0.15, 0.2) is 42.5 Å². The van der Waals surface area contributed by atoms with Gasteiger partial charge in [-0.15, -0.1) is 6.42 Å². The highest BCUT2D eigenvalue weighted by molar-refractivity contribution is 6.01. The highest BCUT2D eigenvalue weighted by atomic mass is 19.1. The van der Waals surface area contributed by atoms with Crippen molar-refractivity contribution in [2.75, 3.05) is 45.2 Å². The number of hydrogen-bond donors (Lipinski definition) is 1. The average Bonchev–Trinajstić information content (AvgIpc) is 3.63. The van der Waals surface area contributed by atoms with Crippen molar-refractivity contribution in [1.82, 2.24) is 25.2 Å². The van der Waals surface area contributed by atoms with Crippen molar-refractivity contribution in [2.24, 2.45) is 5.41 Å². The van der Waals surface area contributed by atoms with Gasteiger partial charge in [0.15, 0.2) is 5.65 Å². The second-order valence-electron chi connectivity index (χ2n) is 11.9. The zero-order chi connectivity index (χ0) is 27.4. The van der Waals surface area contributed by atoms with Crippen LogP contribution in [0.3, 0.4) is 0 Å². The van der Waals surface area contributed by atoms with Gasteiger partial charge in [0.25, 0.3) is 0 Å². The van der Waals surface area contributed by atoms with E-state index in [1.54, 1.807) is 6.07 Å². The van der Waals surface area contributed by atoms with Crippen LogP contribution in [0.2, 0.25) is 0 Å². The molecule has 0 spiro atoms. The van der Waals surface area contributed by atoms with Crippen LogP contribution in [0.4, 0.5) is 10.2 Å². The van der Waals surface area contributed by atoms with Gasteiger partial charge in [-0.25, -0.2) is 9.37 Å². The normalized spacial score (nSPS) is 21.2.